The first-order valence-corrected chi connectivity index (χ1v) is 14.2. The van der Waals surface area contributed by atoms with E-state index in [1.807, 2.05) is 19.1 Å². The number of carbonyl (C=O) groups is 1. The van der Waals surface area contributed by atoms with Crippen LogP contribution in [-0.2, 0) is 18.0 Å². The van der Waals surface area contributed by atoms with Crippen molar-refractivity contribution in [2.75, 3.05) is 5.32 Å². The lowest BCUT2D eigenvalue weighted by Crippen LogP contribution is -2.26. The molecular formula is C30H26ClF3N8O2. The summed E-state index contributed by atoms with van der Waals surface area (Å²) in [6, 6.07) is 11.0. The summed E-state index contributed by atoms with van der Waals surface area (Å²) in [4.78, 5) is 31.3. The molecule has 44 heavy (non-hydrogen) atoms. The summed E-state index contributed by atoms with van der Waals surface area (Å²) in [5.41, 5.74) is 2.37. The highest BCUT2D eigenvalue weighted by atomic mass is 35.5. The summed E-state index contributed by atoms with van der Waals surface area (Å²) in [6.45, 7) is 1.86. The Bertz CT molecular complexity index is 1930. The molecule has 5 heterocycles. The van der Waals surface area contributed by atoms with Gasteiger partial charge in [0.1, 0.15) is 0 Å². The van der Waals surface area contributed by atoms with Crippen LogP contribution in [0.4, 0.5) is 18.9 Å². The molecule has 10 nitrogen and oxygen atoms in total. The topological polar surface area (TPSA) is 113 Å². The van der Waals surface area contributed by atoms with E-state index in [0.717, 1.165) is 16.4 Å². The third kappa shape index (κ3) is 5.62. The molecule has 1 aromatic carbocycles. The van der Waals surface area contributed by atoms with Crippen LogP contribution in [0.3, 0.4) is 0 Å². The number of anilines is 1. The zero-order chi connectivity index (χ0) is 31.2. The first kappa shape index (κ1) is 29.3. The Morgan fingerprint density at radius 2 is 1.86 bits per heavy atom. The number of hydrogen-bond donors (Lipinski definition) is 1. The third-order valence-corrected chi connectivity index (χ3v) is 7.97. The number of aryl methyl sites for hydroxylation is 1. The number of hydrogen-bond acceptors (Lipinski definition) is 6. The van der Waals surface area contributed by atoms with Gasteiger partial charge < -0.3 is 9.88 Å². The lowest BCUT2D eigenvalue weighted by atomic mass is 9.96. The average Bonchev–Trinajstić information content (AvgIpc) is 3.62. The lowest BCUT2D eigenvalue weighted by molar-refractivity contribution is -0.141. The summed E-state index contributed by atoms with van der Waals surface area (Å²) in [5, 5.41) is 14.6. The van der Waals surface area contributed by atoms with Crippen LogP contribution in [0.15, 0.2) is 72.0 Å². The van der Waals surface area contributed by atoms with Crippen molar-refractivity contribution < 1.29 is 18.0 Å². The van der Waals surface area contributed by atoms with Gasteiger partial charge in [0, 0.05) is 47.6 Å². The van der Waals surface area contributed by atoms with Crippen molar-refractivity contribution in [1.82, 2.24) is 34.3 Å². The monoisotopic (exact) mass is 622 g/mol. The van der Waals surface area contributed by atoms with Crippen molar-refractivity contribution in [3.05, 3.63) is 94.0 Å². The number of nitrogens with zero attached hydrogens (tertiary/aromatic N) is 7. The second-order valence-electron chi connectivity index (χ2n) is 10.7. The van der Waals surface area contributed by atoms with E-state index in [0.29, 0.717) is 52.5 Å². The van der Waals surface area contributed by atoms with Crippen LogP contribution in [0, 0.1) is 5.92 Å². The SMILES string of the molecule is C[C@@H]1CCC[C@H](n2ccc(-c3cc(Cl)ccc3-n3cc(C(F)(F)F)nn3)cc2=O)c2cc(ccn2)-c2c(cnn2C)NC1=O. The summed E-state index contributed by atoms with van der Waals surface area (Å²) < 4.78 is 43.9. The van der Waals surface area contributed by atoms with Gasteiger partial charge in [-0.2, -0.15) is 18.3 Å². The van der Waals surface area contributed by atoms with Crippen molar-refractivity contribution in [1.29, 1.82) is 0 Å². The maximum absolute atomic E-state index is 13.7. The average molecular weight is 623 g/mol. The Morgan fingerprint density at radius 3 is 2.61 bits per heavy atom. The van der Waals surface area contributed by atoms with Gasteiger partial charge in [0.25, 0.3) is 5.56 Å². The molecule has 1 N–H and O–H groups in total. The van der Waals surface area contributed by atoms with Crippen LogP contribution in [0.1, 0.15) is 43.6 Å². The van der Waals surface area contributed by atoms with Crippen LogP contribution >= 0.6 is 11.6 Å². The van der Waals surface area contributed by atoms with Gasteiger partial charge >= 0.3 is 6.18 Å². The predicted molar refractivity (Wildman–Crippen MR) is 157 cm³/mol. The number of amides is 1. The Hall–Kier alpha value is -4.78. The molecule has 0 saturated carbocycles. The smallest absolute Gasteiger partial charge is 0.323 e. The fourth-order valence-electron chi connectivity index (χ4n) is 5.45. The summed E-state index contributed by atoms with van der Waals surface area (Å²) in [6.07, 6.45) is 2.81. The van der Waals surface area contributed by atoms with Gasteiger partial charge in [0.05, 0.1) is 41.2 Å². The van der Waals surface area contributed by atoms with Gasteiger partial charge in [0.2, 0.25) is 5.91 Å². The molecule has 0 aliphatic carbocycles. The number of rotatable bonds is 3. The van der Waals surface area contributed by atoms with Gasteiger partial charge in [-0.05, 0) is 54.8 Å². The highest BCUT2D eigenvalue weighted by Crippen LogP contribution is 2.34. The van der Waals surface area contributed by atoms with Crippen molar-refractivity contribution in [3.63, 3.8) is 0 Å². The van der Waals surface area contributed by atoms with Crippen LogP contribution in [0.5, 0.6) is 0 Å². The molecule has 2 bridgehead atoms. The van der Waals surface area contributed by atoms with Crippen molar-refractivity contribution >= 4 is 23.2 Å². The molecule has 14 heteroatoms. The second kappa shape index (κ2) is 11.4. The molecule has 0 saturated heterocycles. The Balaban J connectivity index is 1.42. The summed E-state index contributed by atoms with van der Waals surface area (Å²) in [7, 11) is 1.79. The normalized spacial score (nSPS) is 17.4. The minimum atomic E-state index is -4.66. The molecule has 226 valence electrons. The van der Waals surface area contributed by atoms with Gasteiger partial charge in [0.15, 0.2) is 5.69 Å². The molecule has 0 radical (unpaired) electrons. The fraction of sp³-hybridized carbons (Fsp3) is 0.267. The number of pyridine rings is 2. The largest absolute Gasteiger partial charge is 0.436 e. The minimum absolute atomic E-state index is 0.112. The zero-order valence-corrected chi connectivity index (χ0v) is 24.3. The molecule has 1 aliphatic heterocycles. The predicted octanol–water partition coefficient (Wildman–Crippen LogP) is 5.91. The van der Waals surface area contributed by atoms with E-state index in [9.17, 15) is 22.8 Å². The number of alkyl halides is 3. The second-order valence-corrected chi connectivity index (χ2v) is 11.1. The molecule has 5 aromatic rings. The van der Waals surface area contributed by atoms with Gasteiger partial charge in [-0.1, -0.05) is 30.2 Å². The third-order valence-electron chi connectivity index (χ3n) is 7.74. The maximum atomic E-state index is 13.7. The Labute approximate surface area is 254 Å². The molecule has 4 aromatic heterocycles. The van der Waals surface area contributed by atoms with Crippen molar-refractivity contribution in [3.8, 4) is 28.1 Å². The number of aromatic nitrogens is 7. The van der Waals surface area contributed by atoms with Crippen molar-refractivity contribution in [2.45, 2.75) is 38.4 Å². The van der Waals surface area contributed by atoms with Crippen LogP contribution in [-0.4, -0.2) is 40.2 Å². The van der Waals surface area contributed by atoms with E-state index >= 15 is 0 Å². The van der Waals surface area contributed by atoms with Gasteiger partial charge in [-0.15, -0.1) is 5.10 Å². The molecule has 1 aliphatic rings. The van der Waals surface area contributed by atoms with Crippen LogP contribution < -0.4 is 10.9 Å². The highest BCUT2D eigenvalue weighted by molar-refractivity contribution is 6.31. The lowest BCUT2D eigenvalue weighted by Gasteiger charge is -2.22. The number of halogens is 4. The highest BCUT2D eigenvalue weighted by Gasteiger charge is 2.35. The molecule has 6 rings (SSSR count). The Morgan fingerprint density at radius 1 is 1.05 bits per heavy atom. The zero-order valence-electron chi connectivity index (χ0n) is 23.6. The number of nitrogens with one attached hydrogen (secondary N) is 1. The molecule has 1 amide bonds. The fourth-order valence-corrected chi connectivity index (χ4v) is 5.62. The van der Waals surface area contributed by atoms with E-state index in [1.54, 1.807) is 47.0 Å². The van der Waals surface area contributed by atoms with Crippen LogP contribution in [0.25, 0.3) is 28.1 Å². The molecule has 2 atom stereocenters. The maximum Gasteiger partial charge on any atom is 0.436 e. The van der Waals surface area contributed by atoms with E-state index in [4.69, 9.17) is 11.6 Å². The van der Waals surface area contributed by atoms with E-state index in [1.165, 1.54) is 18.2 Å². The van der Waals surface area contributed by atoms with E-state index in [-0.39, 0.29) is 23.1 Å². The minimum Gasteiger partial charge on any atom is -0.323 e. The number of carbonyl (C=O) groups excluding carboxylic acids is 1. The number of fused-ring (bicyclic) bond motifs is 4. The first-order chi connectivity index (χ1) is 21.0. The first-order valence-electron chi connectivity index (χ1n) is 13.8. The summed E-state index contributed by atoms with van der Waals surface area (Å²) in [5.74, 6) is -0.385. The quantitative estimate of drug-likeness (QED) is 0.268. The summed E-state index contributed by atoms with van der Waals surface area (Å²) >= 11 is 6.26. The van der Waals surface area contributed by atoms with Gasteiger partial charge in [-0.25, -0.2) is 4.68 Å². The molecule has 0 unspecified atom stereocenters. The van der Waals surface area contributed by atoms with Crippen LogP contribution in [0.2, 0.25) is 5.02 Å². The number of benzene rings is 1. The van der Waals surface area contributed by atoms with E-state index in [2.05, 4.69) is 25.7 Å². The van der Waals surface area contributed by atoms with Crippen molar-refractivity contribution in [2.24, 2.45) is 13.0 Å². The van der Waals surface area contributed by atoms with Gasteiger partial charge in [-0.3, -0.25) is 19.3 Å². The molecule has 0 fully saturated rings. The molecular weight excluding hydrogens is 597 g/mol. The Kier molecular flexibility index (Phi) is 7.58. The molecule has 0 spiro atoms. The standard InChI is InChI=1S/C30H26ClF3N8O2/c1-17-4-3-5-25(22-12-19(8-10-35-22)28-23(37-29(17)44)15-36-40(28)2)41-11-9-18(13-27(41)43)21-14-20(31)6-7-24(21)42-16-26(38-39-42)30(32,33)34/h6-17,25H,3-5H2,1-2H3,(H,37,44)/t17-,25+/m1/s1. The van der Waals surface area contributed by atoms with E-state index < -0.39 is 17.9 Å².